The topological polar surface area (TPSA) is 41.6 Å². The third-order valence-electron chi connectivity index (χ3n) is 3.47. The van der Waals surface area contributed by atoms with Crippen LogP contribution in [0.3, 0.4) is 0 Å². The summed E-state index contributed by atoms with van der Waals surface area (Å²) in [4.78, 5) is 6.71. The second-order valence-electron chi connectivity index (χ2n) is 5.93. The van der Waals surface area contributed by atoms with Crippen molar-refractivity contribution in [2.45, 2.75) is 33.6 Å². The molecule has 0 amide bonds. The van der Waals surface area contributed by atoms with Gasteiger partial charge in [0.1, 0.15) is 0 Å². The van der Waals surface area contributed by atoms with Crippen LogP contribution >= 0.6 is 0 Å². The summed E-state index contributed by atoms with van der Waals surface area (Å²) >= 11 is 0. The van der Waals surface area contributed by atoms with E-state index in [1.165, 1.54) is 12.8 Å². The van der Waals surface area contributed by atoms with Gasteiger partial charge in [-0.15, -0.1) is 0 Å². The molecule has 0 spiro atoms. The van der Waals surface area contributed by atoms with Crippen molar-refractivity contribution in [3.05, 3.63) is 36.4 Å². The van der Waals surface area contributed by atoms with Crippen LogP contribution in [0, 0.1) is 5.92 Å². The number of nitrogens with two attached hydrogens (primary N) is 1. The number of nitrogens with zero attached hydrogens (tertiary/aromatic N) is 2. The van der Waals surface area contributed by atoms with E-state index in [2.05, 4.69) is 37.4 Å². The first kappa shape index (κ1) is 17.4. The van der Waals surface area contributed by atoms with Crippen molar-refractivity contribution in [3.8, 4) is 0 Å². The maximum atomic E-state index is 5.64. The van der Waals surface area contributed by atoms with Gasteiger partial charge in [0.15, 0.2) is 0 Å². The Hall–Kier alpha value is -1.61. The minimum atomic E-state index is 0.757. The molecule has 1 fully saturated rings. The minimum absolute atomic E-state index is 0.757. The summed E-state index contributed by atoms with van der Waals surface area (Å²) in [6.45, 7) is 12.3. The van der Waals surface area contributed by atoms with Gasteiger partial charge < -0.3 is 10.6 Å². The summed E-state index contributed by atoms with van der Waals surface area (Å²) < 4.78 is 0. The predicted octanol–water partition coefficient (Wildman–Crippen LogP) is 4.07. The number of rotatable bonds is 5. The smallest absolute Gasteiger partial charge is 0.0630 e. The SMILES string of the molecule is C=C(N=C(C)CN(C)CC)c1ccc(N)cc1.CC1CC1. The number of hydrogen-bond acceptors (Lipinski definition) is 3. The van der Waals surface area contributed by atoms with Gasteiger partial charge in [-0.05, 0) is 44.1 Å². The Bertz CT molecular complexity index is 470. The highest BCUT2D eigenvalue weighted by Gasteiger charge is 2.12. The fraction of sp³-hybridized carbons (Fsp3) is 0.500. The van der Waals surface area contributed by atoms with Crippen molar-refractivity contribution in [3.63, 3.8) is 0 Å². The van der Waals surface area contributed by atoms with Crippen molar-refractivity contribution in [2.75, 3.05) is 25.9 Å². The lowest BCUT2D eigenvalue weighted by Gasteiger charge is -2.13. The molecule has 0 radical (unpaired) electrons. The van der Waals surface area contributed by atoms with Gasteiger partial charge >= 0.3 is 0 Å². The molecule has 0 aliphatic heterocycles. The molecule has 1 saturated carbocycles. The summed E-state index contributed by atoms with van der Waals surface area (Å²) in [6, 6.07) is 7.61. The van der Waals surface area contributed by atoms with Gasteiger partial charge in [0.25, 0.3) is 0 Å². The third-order valence-corrected chi connectivity index (χ3v) is 3.47. The zero-order valence-corrected chi connectivity index (χ0v) is 13.9. The summed E-state index contributed by atoms with van der Waals surface area (Å²) in [7, 11) is 2.07. The van der Waals surface area contributed by atoms with Crippen LogP contribution in [0.5, 0.6) is 0 Å². The fourth-order valence-electron chi connectivity index (χ4n) is 1.67. The lowest BCUT2D eigenvalue weighted by Crippen LogP contribution is -2.23. The van der Waals surface area contributed by atoms with Gasteiger partial charge in [-0.3, -0.25) is 4.99 Å². The fourth-order valence-corrected chi connectivity index (χ4v) is 1.67. The molecule has 3 heteroatoms. The molecular formula is C18H29N3. The maximum Gasteiger partial charge on any atom is 0.0630 e. The van der Waals surface area contributed by atoms with E-state index in [0.29, 0.717) is 0 Å². The van der Waals surface area contributed by atoms with Crippen LogP contribution in [0.15, 0.2) is 35.8 Å². The first-order valence-corrected chi connectivity index (χ1v) is 7.69. The summed E-state index contributed by atoms with van der Waals surface area (Å²) in [6.07, 6.45) is 2.97. The average molecular weight is 287 g/mol. The molecule has 116 valence electrons. The van der Waals surface area contributed by atoms with E-state index in [1.54, 1.807) is 0 Å². The molecule has 21 heavy (non-hydrogen) atoms. The van der Waals surface area contributed by atoms with Crippen LogP contribution in [0.1, 0.15) is 39.2 Å². The monoisotopic (exact) mass is 287 g/mol. The summed E-state index contributed by atoms with van der Waals surface area (Å²) in [5, 5.41) is 0. The molecule has 2 rings (SSSR count). The van der Waals surface area contributed by atoms with Gasteiger partial charge in [-0.2, -0.15) is 0 Å². The van der Waals surface area contributed by atoms with Gasteiger partial charge in [-0.1, -0.05) is 45.4 Å². The summed E-state index contributed by atoms with van der Waals surface area (Å²) in [5.74, 6) is 1.08. The molecule has 3 nitrogen and oxygen atoms in total. The molecule has 0 atom stereocenters. The highest BCUT2D eigenvalue weighted by Crippen LogP contribution is 2.26. The number of hydrogen-bond donors (Lipinski definition) is 1. The van der Waals surface area contributed by atoms with E-state index >= 15 is 0 Å². The van der Waals surface area contributed by atoms with Crippen LogP contribution in [0.25, 0.3) is 5.70 Å². The van der Waals surface area contributed by atoms with Crippen molar-refractivity contribution in [2.24, 2.45) is 10.9 Å². The summed E-state index contributed by atoms with van der Waals surface area (Å²) in [5.41, 5.74) is 9.26. The van der Waals surface area contributed by atoms with Gasteiger partial charge in [0.05, 0.1) is 5.70 Å². The Kier molecular flexibility index (Phi) is 7.17. The highest BCUT2D eigenvalue weighted by molar-refractivity contribution is 5.89. The van der Waals surface area contributed by atoms with Gasteiger partial charge in [0, 0.05) is 17.9 Å². The van der Waals surface area contributed by atoms with E-state index in [0.717, 1.165) is 41.7 Å². The van der Waals surface area contributed by atoms with Crippen LogP contribution in [0.2, 0.25) is 0 Å². The molecular weight excluding hydrogens is 258 g/mol. The zero-order valence-electron chi connectivity index (χ0n) is 13.9. The molecule has 2 N–H and O–H groups in total. The quantitative estimate of drug-likeness (QED) is 0.655. The number of aliphatic imine (C=N–C) groups is 1. The zero-order chi connectivity index (χ0) is 15.8. The molecule has 0 aromatic heterocycles. The maximum absolute atomic E-state index is 5.64. The number of anilines is 1. The lowest BCUT2D eigenvalue weighted by atomic mass is 10.1. The van der Waals surface area contributed by atoms with Gasteiger partial charge in [0.2, 0.25) is 0 Å². The second-order valence-corrected chi connectivity index (χ2v) is 5.93. The Labute approximate surface area is 129 Å². The number of nitrogen functional groups attached to an aromatic ring is 1. The molecule has 1 aromatic carbocycles. The average Bonchev–Trinajstić information content (AvgIpc) is 3.22. The third kappa shape index (κ3) is 7.66. The van der Waals surface area contributed by atoms with E-state index in [9.17, 15) is 0 Å². The van der Waals surface area contributed by atoms with E-state index in [4.69, 9.17) is 5.73 Å². The first-order chi connectivity index (χ1) is 9.92. The molecule has 1 aliphatic carbocycles. The van der Waals surface area contributed by atoms with E-state index in [-0.39, 0.29) is 0 Å². The molecule has 0 saturated heterocycles. The molecule has 1 aromatic rings. The Morgan fingerprint density at radius 2 is 1.86 bits per heavy atom. The van der Waals surface area contributed by atoms with Crippen LogP contribution < -0.4 is 5.73 Å². The van der Waals surface area contributed by atoms with Gasteiger partial charge in [-0.25, -0.2) is 0 Å². The van der Waals surface area contributed by atoms with E-state index < -0.39 is 0 Å². The van der Waals surface area contributed by atoms with Crippen molar-refractivity contribution < 1.29 is 0 Å². The minimum Gasteiger partial charge on any atom is -0.399 e. The van der Waals surface area contributed by atoms with Crippen molar-refractivity contribution in [1.29, 1.82) is 0 Å². The van der Waals surface area contributed by atoms with Crippen molar-refractivity contribution in [1.82, 2.24) is 4.90 Å². The predicted molar refractivity (Wildman–Crippen MR) is 94.6 cm³/mol. The second kappa shape index (κ2) is 8.63. The normalized spacial score (nSPS) is 14.6. The van der Waals surface area contributed by atoms with Crippen LogP contribution in [0.4, 0.5) is 5.69 Å². The molecule has 1 aliphatic rings. The standard InChI is InChI=1S/C14H21N3.C4H8/c1-5-17(4)10-11(2)16-12(3)13-6-8-14(15)9-7-13;1-4-2-3-4/h6-9H,3,5,10,15H2,1-2,4H3;4H,2-3H2,1H3. The Balaban J connectivity index is 0.000000471. The lowest BCUT2D eigenvalue weighted by molar-refractivity contribution is 0.403. The molecule has 0 unspecified atom stereocenters. The highest BCUT2D eigenvalue weighted by atomic mass is 15.1. The van der Waals surface area contributed by atoms with Crippen molar-refractivity contribution >= 4 is 17.1 Å². The Morgan fingerprint density at radius 3 is 2.29 bits per heavy atom. The largest absolute Gasteiger partial charge is 0.399 e. The number of benzene rings is 1. The van der Waals surface area contributed by atoms with E-state index in [1.807, 2.05) is 31.2 Å². The molecule has 0 heterocycles. The first-order valence-electron chi connectivity index (χ1n) is 7.69. The van der Waals surface area contributed by atoms with Crippen LogP contribution in [-0.4, -0.2) is 30.7 Å². The Morgan fingerprint density at radius 1 is 1.33 bits per heavy atom. The molecule has 0 bridgehead atoms. The van der Waals surface area contributed by atoms with Crippen LogP contribution in [-0.2, 0) is 0 Å².